The maximum Gasteiger partial charge on any atom is 0.264 e. The lowest BCUT2D eigenvalue weighted by atomic mass is 10.1. The first-order valence-corrected chi connectivity index (χ1v) is 14.8. The molecule has 3 rings (SSSR count). The van der Waals surface area contributed by atoms with Crippen molar-refractivity contribution in [3.8, 4) is 0 Å². The summed E-state index contributed by atoms with van der Waals surface area (Å²) < 4.78 is 28.8. The molecule has 0 aliphatic heterocycles. The molecule has 0 heterocycles. The zero-order chi connectivity index (χ0) is 28.7. The van der Waals surface area contributed by atoms with Crippen LogP contribution in [0.5, 0.6) is 0 Å². The van der Waals surface area contributed by atoms with E-state index < -0.39 is 28.5 Å². The number of benzene rings is 3. The van der Waals surface area contributed by atoms with E-state index in [1.165, 1.54) is 17.0 Å². The van der Waals surface area contributed by atoms with Gasteiger partial charge in [0.15, 0.2) is 0 Å². The number of hydrogen-bond acceptors (Lipinski definition) is 4. The third-order valence-electron chi connectivity index (χ3n) is 6.24. The molecular weight excluding hydrogens is 557 g/mol. The summed E-state index contributed by atoms with van der Waals surface area (Å²) >= 11 is 12.4. The van der Waals surface area contributed by atoms with Gasteiger partial charge in [0.2, 0.25) is 11.8 Å². The molecule has 0 fully saturated rings. The van der Waals surface area contributed by atoms with Crippen LogP contribution >= 0.6 is 23.2 Å². The Labute approximate surface area is 240 Å². The maximum atomic E-state index is 13.9. The maximum absolute atomic E-state index is 13.9. The van der Waals surface area contributed by atoms with E-state index in [0.29, 0.717) is 22.2 Å². The monoisotopic (exact) mass is 589 g/mol. The lowest BCUT2D eigenvalue weighted by Gasteiger charge is -2.32. The van der Waals surface area contributed by atoms with Gasteiger partial charge in [-0.25, -0.2) is 8.42 Å². The number of carbonyl (C=O) groups excluding carboxylic acids is 2. The molecule has 10 heteroatoms. The van der Waals surface area contributed by atoms with Crippen LogP contribution in [0.25, 0.3) is 0 Å². The van der Waals surface area contributed by atoms with Gasteiger partial charge in [-0.05, 0) is 67.3 Å². The minimum absolute atomic E-state index is 0.0316. The van der Waals surface area contributed by atoms with Gasteiger partial charge in [0.1, 0.15) is 12.6 Å². The molecule has 0 radical (unpaired) electrons. The van der Waals surface area contributed by atoms with Crippen molar-refractivity contribution >= 4 is 50.7 Å². The first kappa shape index (κ1) is 30.5. The van der Waals surface area contributed by atoms with Gasteiger partial charge in [-0.15, -0.1) is 0 Å². The molecule has 208 valence electrons. The van der Waals surface area contributed by atoms with E-state index in [1.807, 2.05) is 13.8 Å². The summed E-state index contributed by atoms with van der Waals surface area (Å²) in [6.07, 6.45) is 0. The van der Waals surface area contributed by atoms with Crippen LogP contribution in [-0.2, 0) is 26.2 Å². The van der Waals surface area contributed by atoms with E-state index in [9.17, 15) is 18.0 Å². The molecule has 0 aromatic heterocycles. The van der Waals surface area contributed by atoms with Gasteiger partial charge in [0.25, 0.3) is 10.0 Å². The third kappa shape index (κ3) is 7.75. The SMILES string of the molecule is Cc1c(Cl)cccc1N(CC(=O)N(Cc1ccc(Cl)cc1)[C@@H](C)C(=O)NCC(C)C)S(=O)(=O)c1ccccc1. The predicted molar refractivity (Wildman–Crippen MR) is 156 cm³/mol. The summed E-state index contributed by atoms with van der Waals surface area (Å²) in [5.74, 6) is -0.655. The van der Waals surface area contributed by atoms with Crippen molar-refractivity contribution in [2.45, 2.75) is 45.2 Å². The number of amides is 2. The summed E-state index contributed by atoms with van der Waals surface area (Å²) in [5.41, 5.74) is 1.54. The Morgan fingerprint density at radius 3 is 2.15 bits per heavy atom. The predicted octanol–water partition coefficient (Wildman–Crippen LogP) is 5.69. The zero-order valence-corrected chi connectivity index (χ0v) is 24.7. The minimum Gasteiger partial charge on any atom is -0.354 e. The van der Waals surface area contributed by atoms with Gasteiger partial charge < -0.3 is 10.2 Å². The molecule has 0 aliphatic carbocycles. The fourth-order valence-corrected chi connectivity index (χ4v) is 5.71. The van der Waals surface area contributed by atoms with Crippen LogP contribution in [0, 0.1) is 12.8 Å². The van der Waals surface area contributed by atoms with Crippen LogP contribution in [0.2, 0.25) is 10.0 Å². The third-order valence-corrected chi connectivity index (χ3v) is 8.67. The molecule has 0 aliphatic rings. The quantitative estimate of drug-likeness (QED) is 0.311. The van der Waals surface area contributed by atoms with E-state index >= 15 is 0 Å². The van der Waals surface area contributed by atoms with Crippen LogP contribution in [-0.4, -0.2) is 44.3 Å². The molecule has 3 aromatic carbocycles. The molecule has 2 amide bonds. The molecule has 39 heavy (non-hydrogen) atoms. The first-order chi connectivity index (χ1) is 18.4. The lowest BCUT2D eigenvalue weighted by molar-refractivity contribution is -0.139. The number of sulfonamides is 1. The number of anilines is 1. The highest BCUT2D eigenvalue weighted by Crippen LogP contribution is 2.31. The van der Waals surface area contributed by atoms with Crippen LogP contribution in [0.3, 0.4) is 0 Å². The van der Waals surface area contributed by atoms with Gasteiger partial charge in [0, 0.05) is 23.1 Å². The molecule has 1 N–H and O–H groups in total. The summed E-state index contributed by atoms with van der Waals surface area (Å²) in [7, 11) is -4.16. The molecule has 0 saturated carbocycles. The average Bonchev–Trinajstić information content (AvgIpc) is 2.91. The average molecular weight is 591 g/mol. The normalized spacial score (nSPS) is 12.2. The Morgan fingerprint density at radius 1 is 0.897 bits per heavy atom. The van der Waals surface area contributed by atoms with Gasteiger partial charge in [0.05, 0.1) is 10.6 Å². The largest absolute Gasteiger partial charge is 0.354 e. The zero-order valence-electron chi connectivity index (χ0n) is 22.4. The van der Waals surface area contributed by atoms with Crippen molar-refractivity contribution in [2.24, 2.45) is 5.92 Å². The van der Waals surface area contributed by atoms with Gasteiger partial charge >= 0.3 is 0 Å². The van der Waals surface area contributed by atoms with E-state index in [-0.39, 0.29) is 29.0 Å². The number of rotatable bonds is 11. The standard InChI is InChI=1S/C29H33Cl2N3O4S/c1-20(2)17-32-29(36)22(4)33(18-23-13-15-24(30)16-14-23)28(35)19-34(27-12-8-11-26(31)21(27)3)39(37,38)25-9-6-5-7-10-25/h5-16,20,22H,17-19H2,1-4H3,(H,32,36)/t22-/m0/s1. The van der Waals surface area contributed by atoms with E-state index in [4.69, 9.17) is 23.2 Å². The number of halogens is 2. The Bertz CT molecular complexity index is 1400. The van der Waals surface area contributed by atoms with Crippen molar-refractivity contribution in [3.05, 3.63) is 94.0 Å². The Kier molecular flexibility index (Phi) is 10.4. The highest BCUT2D eigenvalue weighted by molar-refractivity contribution is 7.92. The number of nitrogens with one attached hydrogen (secondary N) is 1. The summed E-state index contributed by atoms with van der Waals surface area (Å²) in [5, 5.41) is 3.77. The van der Waals surface area contributed by atoms with E-state index in [2.05, 4.69) is 5.32 Å². The molecule has 0 spiro atoms. The summed E-state index contributed by atoms with van der Waals surface area (Å²) in [6, 6.07) is 18.9. The fraction of sp³-hybridized carbons (Fsp3) is 0.310. The smallest absolute Gasteiger partial charge is 0.264 e. The van der Waals surface area contributed by atoms with Crippen molar-refractivity contribution in [1.82, 2.24) is 10.2 Å². The summed E-state index contributed by atoms with van der Waals surface area (Å²) in [6.45, 7) is 7.27. The van der Waals surface area contributed by atoms with Crippen molar-refractivity contribution in [1.29, 1.82) is 0 Å². The van der Waals surface area contributed by atoms with Crippen LogP contribution in [0.1, 0.15) is 31.9 Å². The second kappa shape index (κ2) is 13.3. The van der Waals surface area contributed by atoms with Crippen molar-refractivity contribution in [3.63, 3.8) is 0 Å². The number of carbonyl (C=O) groups is 2. The van der Waals surface area contributed by atoms with E-state index in [1.54, 1.807) is 74.5 Å². The molecule has 0 bridgehead atoms. The molecule has 0 unspecified atom stereocenters. The summed E-state index contributed by atoms with van der Waals surface area (Å²) in [4.78, 5) is 28.4. The van der Waals surface area contributed by atoms with Crippen molar-refractivity contribution in [2.75, 3.05) is 17.4 Å². The van der Waals surface area contributed by atoms with E-state index in [0.717, 1.165) is 9.87 Å². The van der Waals surface area contributed by atoms with Gasteiger partial charge in [-0.3, -0.25) is 13.9 Å². The minimum atomic E-state index is -4.16. The fourth-order valence-electron chi connectivity index (χ4n) is 3.92. The Morgan fingerprint density at radius 2 is 1.54 bits per heavy atom. The lowest BCUT2D eigenvalue weighted by Crippen LogP contribution is -2.51. The molecule has 3 aromatic rings. The van der Waals surface area contributed by atoms with Gasteiger partial charge in [-0.1, -0.05) is 73.4 Å². The number of hydrogen-bond donors (Lipinski definition) is 1. The van der Waals surface area contributed by atoms with Crippen LogP contribution < -0.4 is 9.62 Å². The molecular formula is C29H33Cl2N3O4S. The van der Waals surface area contributed by atoms with Crippen LogP contribution in [0.4, 0.5) is 5.69 Å². The Hall–Kier alpha value is -3.07. The molecule has 1 atom stereocenters. The highest BCUT2D eigenvalue weighted by atomic mass is 35.5. The molecule has 0 saturated heterocycles. The van der Waals surface area contributed by atoms with Crippen molar-refractivity contribution < 1.29 is 18.0 Å². The topological polar surface area (TPSA) is 86.8 Å². The second-order valence-electron chi connectivity index (χ2n) is 9.67. The second-order valence-corrected chi connectivity index (χ2v) is 12.4. The first-order valence-electron chi connectivity index (χ1n) is 12.6. The van der Waals surface area contributed by atoms with Crippen LogP contribution in [0.15, 0.2) is 77.7 Å². The highest BCUT2D eigenvalue weighted by Gasteiger charge is 2.33. The Balaban J connectivity index is 2.04. The van der Waals surface area contributed by atoms with Gasteiger partial charge in [-0.2, -0.15) is 0 Å². The number of nitrogens with zero attached hydrogens (tertiary/aromatic N) is 2. The molecule has 7 nitrogen and oxygen atoms in total.